The van der Waals surface area contributed by atoms with Crippen molar-refractivity contribution in [1.82, 2.24) is 4.72 Å². The molecule has 1 aromatic carbocycles. The fourth-order valence-electron chi connectivity index (χ4n) is 1.96. The summed E-state index contributed by atoms with van der Waals surface area (Å²) in [4.78, 5) is 23.7. The number of nitrogens with one attached hydrogen (secondary N) is 1. The van der Waals surface area contributed by atoms with Crippen molar-refractivity contribution in [3.8, 4) is 0 Å². The first-order valence-corrected chi connectivity index (χ1v) is 7.35. The van der Waals surface area contributed by atoms with Crippen LogP contribution < -0.4 is 9.62 Å². The van der Waals surface area contributed by atoms with Gasteiger partial charge in [0.05, 0.1) is 11.3 Å². The monoisotopic (exact) mass is 298 g/mol. The number of likely N-dealkylation sites (N-methyl/N-ethyl adjacent to an activating group) is 1. The number of carbonyl (C=O) groups is 2. The van der Waals surface area contributed by atoms with Gasteiger partial charge < -0.3 is 10.0 Å². The molecule has 0 unspecified atom stereocenters. The second-order valence-electron chi connectivity index (χ2n) is 4.60. The molecule has 0 saturated heterocycles. The highest BCUT2D eigenvalue weighted by Gasteiger charge is 2.27. The van der Waals surface area contributed by atoms with Crippen LogP contribution in [0, 0.1) is 0 Å². The van der Waals surface area contributed by atoms with Gasteiger partial charge in [-0.1, -0.05) is 0 Å². The summed E-state index contributed by atoms with van der Waals surface area (Å²) in [5.74, 6) is -1.37. The van der Waals surface area contributed by atoms with E-state index in [1.807, 2.05) is 0 Å². The van der Waals surface area contributed by atoms with Gasteiger partial charge in [0, 0.05) is 12.7 Å². The van der Waals surface area contributed by atoms with E-state index < -0.39 is 22.0 Å². The number of amides is 1. The van der Waals surface area contributed by atoms with Crippen molar-refractivity contribution in [2.24, 2.45) is 0 Å². The van der Waals surface area contributed by atoms with Gasteiger partial charge in [-0.05, 0) is 30.7 Å². The zero-order chi connectivity index (χ0) is 15.1. The summed E-state index contributed by atoms with van der Waals surface area (Å²) >= 11 is 0. The standard InChI is InChI=1S/C12H14N2O5S/c1-7(12(16)17)13-20(18,19)9-3-4-10-8(5-9)6-11(15)14(10)2/h3-5,7,13H,6H2,1-2H3,(H,16,17)/t7-/m1/s1. The van der Waals surface area contributed by atoms with Crippen LogP contribution in [-0.2, 0) is 26.0 Å². The molecule has 1 amide bonds. The summed E-state index contributed by atoms with van der Waals surface area (Å²) in [6.45, 7) is 1.24. The molecule has 108 valence electrons. The minimum Gasteiger partial charge on any atom is -0.480 e. The maximum Gasteiger partial charge on any atom is 0.321 e. The number of carbonyl (C=O) groups excluding carboxylic acids is 1. The Hall–Kier alpha value is -1.93. The van der Waals surface area contributed by atoms with Crippen LogP contribution in [0.2, 0.25) is 0 Å². The molecule has 0 aromatic heterocycles. The van der Waals surface area contributed by atoms with E-state index in [0.717, 1.165) is 0 Å². The number of sulfonamides is 1. The SMILES string of the molecule is C[C@@H](NS(=O)(=O)c1ccc2c(c1)CC(=O)N2C)C(=O)O. The molecule has 1 aliphatic rings. The lowest BCUT2D eigenvalue weighted by Crippen LogP contribution is -2.38. The zero-order valence-electron chi connectivity index (χ0n) is 11.0. The zero-order valence-corrected chi connectivity index (χ0v) is 11.8. The Morgan fingerprint density at radius 3 is 2.70 bits per heavy atom. The number of hydrogen-bond acceptors (Lipinski definition) is 4. The smallest absolute Gasteiger partial charge is 0.321 e. The minimum absolute atomic E-state index is 0.0487. The molecular weight excluding hydrogens is 284 g/mol. The second kappa shape index (κ2) is 4.88. The fraction of sp³-hybridized carbons (Fsp3) is 0.333. The Bertz CT molecular complexity index is 683. The van der Waals surface area contributed by atoms with Crippen LogP contribution in [0.4, 0.5) is 5.69 Å². The molecule has 7 nitrogen and oxygen atoms in total. The molecule has 0 aliphatic carbocycles. The van der Waals surface area contributed by atoms with Gasteiger partial charge in [-0.25, -0.2) is 8.42 Å². The minimum atomic E-state index is -3.92. The third kappa shape index (κ3) is 2.52. The number of carboxylic acid groups (broad SMARTS) is 1. The van der Waals surface area contributed by atoms with Crippen molar-refractivity contribution >= 4 is 27.6 Å². The lowest BCUT2D eigenvalue weighted by molar-refractivity contribution is -0.138. The van der Waals surface area contributed by atoms with E-state index in [0.29, 0.717) is 11.3 Å². The predicted molar refractivity (Wildman–Crippen MR) is 71.0 cm³/mol. The second-order valence-corrected chi connectivity index (χ2v) is 6.32. The molecule has 2 rings (SSSR count). The summed E-state index contributed by atoms with van der Waals surface area (Å²) in [6.07, 6.45) is 0.143. The van der Waals surface area contributed by atoms with Gasteiger partial charge in [0.1, 0.15) is 6.04 Å². The van der Waals surface area contributed by atoms with Crippen molar-refractivity contribution in [2.45, 2.75) is 24.3 Å². The molecule has 0 saturated carbocycles. The van der Waals surface area contributed by atoms with Crippen molar-refractivity contribution in [3.05, 3.63) is 23.8 Å². The van der Waals surface area contributed by atoms with Crippen molar-refractivity contribution < 1.29 is 23.1 Å². The average molecular weight is 298 g/mol. The van der Waals surface area contributed by atoms with Gasteiger partial charge in [0.15, 0.2) is 0 Å². The predicted octanol–water partition coefficient (Wildman–Crippen LogP) is -0.0431. The van der Waals surface area contributed by atoms with E-state index in [4.69, 9.17) is 5.11 Å². The number of hydrogen-bond donors (Lipinski definition) is 2. The molecule has 1 atom stereocenters. The number of benzene rings is 1. The van der Waals surface area contributed by atoms with E-state index in [1.165, 1.54) is 24.0 Å². The van der Waals surface area contributed by atoms with Crippen LogP contribution in [0.5, 0.6) is 0 Å². The first-order chi connectivity index (χ1) is 9.22. The van der Waals surface area contributed by atoms with Crippen molar-refractivity contribution in [1.29, 1.82) is 0 Å². The van der Waals surface area contributed by atoms with Crippen LogP contribution in [0.3, 0.4) is 0 Å². The van der Waals surface area contributed by atoms with Crippen molar-refractivity contribution in [3.63, 3.8) is 0 Å². The number of nitrogens with zero attached hydrogens (tertiary/aromatic N) is 1. The molecule has 8 heteroatoms. The maximum atomic E-state index is 12.0. The number of rotatable bonds is 4. The molecule has 1 heterocycles. The molecule has 0 spiro atoms. The summed E-state index contributed by atoms with van der Waals surface area (Å²) in [5.41, 5.74) is 1.28. The summed E-state index contributed by atoms with van der Waals surface area (Å²) < 4.78 is 26.1. The van der Waals surface area contributed by atoms with Gasteiger partial charge >= 0.3 is 5.97 Å². The highest BCUT2D eigenvalue weighted by Crippen LogP contribution is 2.29. The molecule has 20 heavy (non-hydrogen) atoms. The highest BCUT2D eigenvalue weighted by molar-refractivity contribution is 7.89. The topological polar surface area (TPSA) is 104 Å². The van der Waals surface area contributed by atoms with Gasteiger partial charge in [0.2, 0.25) is 15.9 Å². The maximum absolute atomic E-state index is 12.0. The Morgan fingerprint density at radius 2 is 2.10 bits per heavy atom. The fourth-order valence-corrected chi connectivity index (χ4v) is 3.21. The van der Waals surface area contributed by atoms with E-state index in [-0.39, 0.29) is 17.2 Å². The van der Waals surface area contributed by atoms with E-state index in [1.54, 1.807) is 13.1 Å². The van der Waals surface area contributed by atoms with Crippen LogP contribution in [-0.4, -0.2) is 38.5 Å². The van der Waals surface area contributed by atoms with Gasteiger partial charge in [0.25, 0.3) is 0 Å². The molecule has 2 N–H and O–H groups in total. The molecule has 1 aromatic rings. The number of aliphatic carboxylic acids is 1. The third-order valence-electron chi connectivity index (χ3n) is 3.14. The number of anilines is 1. The Labute approximate surface area is 116 Å². The Balaban J connectivity index is 2.34. The summed E-state index contributed by atoms with van der Waals surface area (Å²) in [6, 6.07) is 3.07. The van der Waals surface area contributed by atoms with Gasteiger partial charge in [-0.3, -0.25) is 9.59 Å². The molecular formula is C12H14N2O5S. The number of fused-ring (bicyclic) bond motifs is 1. The lowest BCUT2D eigenvalue weighted by atomic mass is 10.2. The molecule has 0 fully saturated rings. The Kier molecular flexibility index (Phi) is 3.53. The van der Waals surface area contributed by atoms with Gasteiger partial charge in [-0.15, -0.1) is 0 Å². The first-order valence-electron chi connectivity index (χ1n) is 5.87. The summed E-state index contributed by atoms with van der Waals surface area (Å²) in [7, 11) is -2.30. The normalized spacial score (nSPS) is 16.1. The number of carboxylic acids is 1. The van der Waals surface area contributed by atoms with Crippen LogP contribution in [0.25, 0.3) is 0 Å². The van der Waals surface area contributed by atoms with Crippen LogP contribution in [0.15, 0.2) is 23.1 Å². The Morgan fingerprint density at radius 1 is 1.45 bits per heavy atom. The highest BCUT2D eigenvalue weighted by atomic mass is 32.2. The van der Waals surface area contributed by atoms with Gasteiger partial charge in [-0.2, -0.15) is 4.72 Å². The largest absolute Gasteiger partial charge is 0.480 e. The van der Waals surface area contributed by atoms with E-state index >= 15 is 0 Å². The molecule has 0 bridgehead atoms. The average Bonchev–Trinajstić information content (AvgIpc) is 2.64. The third-order valence-corrected chi connectivity index (χ3v) is 4.68. The quantitative estimate of drug-likeness (QED) is 0.811. The molecule has 1 aliphatic heterocycles. The first kappa shape index (κ1) is 14.5. The van der Waals surface area contributed by atoms with Crippen LogP contribution >= 0.6 is 0 Å². The summed E-state index contributed by atoms with van der Waals surface area (Å²) in [5, 5.41) is 8.74. The van der Waals surface area contributed by atoms with E-state index in [2.05, 4.69) is 4.72 Å². The van der Waals surface area contributed by atoms with E-state index in [9.17, 15) is 18.0 Å². The van der Waals surface area contributed by atoms with Crippen LogP contribution in [0.1, 0.15) is 12.5 Å². The van der Waals surface area contributed by atoms with Crippen molar-refractivity contribution in [2.75, 3.05) is 11.9 Å². The molecule has 0 radical (unpaired) electrons. The lowest BCUT2D eigenvalue weighted by Gasteiger charge is -2.12.